The van der Waals surface area contributed by atoms with Gasteiger partial charge in [0.05, 0.1) is 13.1 Å². The van der Waals surface area contributed by atoms with Crippen LogP contribution >= 0.6 is 11.6 Å². The highest BCUT2D eigenvalue weighted by atomic mass is 35.5. The molecule has 0 radical (unpaired) electrons. The zero-order chi connectivity index (χ0) is 19.5. The molecule has 28 heavy (non-hydrogen) atoms. The molecule has 1 aliphatic rings. The number of benzene rings is 2. The van der Waals surface area contributed by atoms with Gasteiger partial charge in [0.15, 0.2) is 11.5 Å². The number of hydrogen-bond donors (Lipinski definition) is 1. The Kier molecular flexibility index (Phi) is 5.12. The average molecular weight is 400 g/mol. The lowest BCUT2D eigenvalue weighted by Gasteiger charge is -2.20. The highest BCUT2D eigenvalue weighted by molar-refractivity contribution is 6.30. The number of halogens is 1. The summed E-state index contributed by atoms with van der Waals surface area (Å²) >= 11 is 6.09. The minimum Gasteiger partial charge on any atom is -0.504 e. The average Bonchev–Trinajstić information content (AvgIpc) is 3.11. The highest BCUT2D eigenvalue weighted by Gasteiger charge is 2.23. The van der Waals surface area contributed by atoms with Crippen molar-refractivity contribution in [3.8, 4) is 22.6 Å². The monoisotopic (exact) mass is 399 g/mol. The van der Waals surface area contributed by atoms with Crippen LogP contribution in [0, 0.1) is 0 Å². The fraction of sp³-hybridized carbons (Fsp3) is 0.263. The highest BCUT2D eigenvalue weighted by Crippen LogP contribution is 2.38. The number of phenols is 1. The minimum atomic E-state index is -0.0281. The summed E-state index contributed by atoms with van der Waals surface area (Å²) < 4.78 is 7.23. The second kappa shape index (κ2) is 7.85. The van der Waals surface area contributed by atoms with E-state index >= 15 is 0 Å². The van der Waals surface area contributed by atoms with Crippen LogP contribution in [0.2, 0.25) is 5.02 Å². The van der Waals surface area contributed by atoms with Crippen molar-refractivity contribution < 1.29 is 14.6 Å². The Bertz CT molecular complexity index is 993. The zero-order valence-electron chi connectivity index (χ0n) is 15.0. The first-order chi connectivity index (χ1) is 13.6. The van der Waals surface area contributed by atoms with Crippen molar-refractivity contribution in [1.29, 1.82) is 0 Å². The molecule has 0 unspecified atom stereocenters. The van der Waals surface area contributed by atoms with Gasteiger partial charge in [-0.3, -0.25) is 4.79 Å². The molecule has 9 heteroatoms. The molecule has 0 saturated carbocycles. The van der Waals surface area contributed by atoms with E-state index in [-0.39, 0.29) is 18.1 Å². The number of ether oxygens (including phenoxy) is 1. The van der Waals surface area contributed by atoms with Crippen molar-refractivity contribution in [3.63, 3.8) is 0 Å². The zero-order valence-corrected chi connectivity index (χ0v) is 15.7. The second-order valence-corrected chi connectivity index (χ2v) is 6.92. The van der Waals surface area contributed by atoms with Crippen LogP contribution < -0.4 is 4.74 Å². The number of aryl methyl sites for hydroxylation is 1. The van der Waals surface area contributed by atoms with Gasteiger partial charge in [0.1, 0.15) is 12.9 Å². The Morgan fingerprint density at radius 3 is 2.93 bits per heavy atom. The summed E-state index contributed by atoms with van der Waals surface area (Å²) in [7, 11) is 0. The Labute approximate surface area is 166 Å². The van der Waals surface area contributed by atoms with Gasteiger partial charge in [0.2, 0.25) is 5.91 Å². The first-order valence-electron chi connectivity index (χ1n) is 8.83. The van der Waals surface area contributed by atoms with Gasteiger partial charge < -0.3 is 14.7 Å². The van der Waals surface area contributed by atoms with Gasteiger partial charge >= 0.3 is 0 Å². The molecular formula is C19H18ClN5O3. The maximum atomic E-state index is 12.6. The van der Waals surface area contributed by atoms with Crippen LogP contribution in [0.4, 0.5) is 0 Å². The SMILES string of the molecule is O=C(CCn1cnnn1)N1CCOc2c(O)cc(-c3cccc(Cl)c3)cc2C1. The summed E-state index contributed by atoms with van der Waals surface area (Å²) in [5.41, 5.74) is 2.44. The number of tetrazole rings is 1. The summed E-state index contributed by atoms with van der Waals surface area (Å²) in [6.45, 7) is 1.51. The number of carbonyl (C=O) groups is 1. The topological polar surface area (TPSA) is 93.4 Å². The van der Waals surface area contributed by atoms with Crippen LogP contribution in [0.15, 0.2) is 42.7 Å². The van der Waals surface area contributed by atoms with Crippen molar-refractivity contribution in [2.24, 2.45) is 0 Å². The van der Waals surface area contributed by atoms with Crippen molar-refractivity contribution in [2.45, 2.75) is 19.5 Å². The van der Waals surface area contributed by atoms with Gasteiger partial charge in [0, 0.05) is 23.6 Å². The molecule has 1 amide bonds. The lowest BCUT2D eigenvalue weighted by Crippen LogP contribution is -2.33. The van der Waals surface area contributed by atoms with Gasteiger partial charge in [0.25, 0.3) is 0 Å². The maximum Gasteiger partial charge on any atom is 0.224 e. The Balaban J connectivity index is 1.56. The van der Waals surface area contributed by atoms with E-state index in [1.807, 2.05) is 24.3 Å². The number of hydrogen-bond acceptors (Lipinski definition) is 6. The number of amides is 1. The molecule has 3 aromatic rings. The van der Waals surface area contributed by atoms with Crippen LogP contribution in [-0.4, -0.2) is 49.3 Å². The molecule has 4 rings (SSSR count). The van der Waals surface area contributed by atoms with E-state index in [1.165, 1.54) is 11.0 Å². The summed E-state index contributed by atoms with van der Waals surface area (Å²) in [4.78, 5) is 14.4. The summed E-state index contributed by atoms with van der Waals surface area (Å²) in [5, 5.41) is 22.0. The first-order valence-corrected chi connectivity index (χ1v) is 9.21. The van der Waals surface area contributed by atoms with Crippen LogP contribution in [0.25, 0.3) is 11.1 Å². The number of nitrogens with zero attached hydrogens (tertiary/aromatic N) is 5. The molecule has 0 atom stereocenters. The number of carbonyl (C=O) groups excluding carboxylic acids is 1. The van der Waals surface area contributed by atoms with E-state index in [9.17, 15) is 9.90 Å². The van der Waals surface area contributed by atoms with Crippen molar-refractivity contribution >= 4 is 17.5 Å². The summed E-state index contributed by atoms with van der Waals surface area (Å²) in [5.74, 6) is 0.441. The molecule has 8 nitrogen and oxygen atoms in total. The van der Waals surface area contributed by atoms with Gasteiger partial charge in [-0.05, 0) is 45.8 Å². The molecule has 2 heterocycles. The summed E-state index contributed by atoms with van der Waals surface area (Å²) in [6, 6.07) is 11.0. The first kappa shape index (κ1) is 18.2. The standard InChI is InChI=1S/C19H18ClN5O3/c20-16-3-1-2-13(9-16)14-8-15-11-24(6-7-28-19(15)17(26)10-14)18(27)4-5-25-12-21-22-23-25/h1-3,8-10,12,26H,4-7,11H2. The van der Waals surface area contributed by atoms with Crippen LogP contribution in [0.5, 0.6) is 11.5 Å². The van der Waals surface area contributed by atoms with Crippen LogP contribution in [0.3, 0.4) is 0 Å². The quantitative estimate of drug-likeness (QED) is 0.724. The van der Waals surface area contributed by atoms with Crippen molar-refractivity contribution in [3.05, 3.63) is 53.3 Å². The molecule has 1 aliphatic heterocycles. The van der Waals surface area contributed by atoms with E-state index in [0.717, 1.165) is 16.7 Å². The van der Waals surface area contributed by atoms with Gasteiger partial charge in [-0.2, -0.15) is 0 Å². The number of aromatic nitrogens is 4. The van der Waals surface area contributed by atoms with E-state index in [4.69, 9.17) is 16.3 Å². The minimum absolute atomic E-state index is 0.0281. The fourth-order valence-electron chi connectivity index (χ4n) is 3.20. The molecule has 1 N–H and O–H groups in total. The van der Waals surface area contributed by atoms with Crippen molar-refractivity contribution in [2.75, 3.05) is 13.2 Å². The maximum absolute atomic E-state index is 12.6. The third kappa shape index (κ3) is 3.91. The molecule has 0 aliphatic carbocycles. The predicted molar refractivity (Wildman–Crippen MR) is 102 cm³/mol. The molecule has 1 aromatic heterocycles. The van der Waals surface area contributed by atoms with Gasteiger partial charge in [-0.15, -0.1) is 5.10 Å². The molecule has 0 bridgehead atoms. The van der Waals surface area contributed by atoms with E-state index < -0.39 is 0 Å². The Morgan fingerprint density at radius 1 is 1.25 bits per heavy atom. The molecule has 0 saturated heterocycles. The van der Waals surface area contributed by atoms with E-state index in [2.05, 4.69) is 15.5 Å². The Hall–Kier alpha value is -3.13. The number of phenolic OH excluding ortho intramolecular Hbond substituents is 1. The molecule has 144 valence electrons. The smallest absolute Gasteiger partial charge is 0.224 e. The van der Waals surface area contributed by atoms with Gasteiger partial charge in [-0.25, -0.2) is 4.68 Å². The molecule has 2 aromatic carbocycles. The van der Waals surface area contributed by atoms with E-state index in [1.54, 1.807) is 17.0 Å². The number of fused-ring (bicyclic) bond motifs is 1. The Morgan fingerprint density at radius 2 is 2.14 bits per heavy atom. The number of rotatable bonds is 4. The molecule has 0 spiro atoms. The largest absolute Gasteiger partial charge is 0.504 e. The third-order valence-electron chi connectivity index (χ3n) is 4.57. The predicted octanol–water partition coefficient (Wildman–Crippen LogP) is 2.51. The second-order valence-electron chi connectivity index (χ2n) is 6.48. The van der Waals surface area contributed by atoms with Crippen LogP contribution in [-0.2, 0) is 17.9 Å². The lowest BCUT2D eigenvalue weighted by atomic mass is 10.0. The van der Waals surface area contributed by atoms with Crippen molar-refractivity contribution in [1.82, 2.24) is 25.1 Å². The fourth-order valence-corrected chi connectivity index (χ4v) is 3.39. The molecular weight excluding hydrogens is 382 g/mol. The molecule has 0 fully saturated rings. The third-order valence-corrected chi connectivity index (χ3v) is 4.81. The van der Waals surface area contributed by atoms with Gasteiger partial charge in [-0.1, -0.05) is 23.7 Å². The van der Waals surface area contributed by atoms with Crippen LogP contribution in [0.1, 0.15) is 12.0 Å². The number of aromatic hydroxyl groups is 1. The van der Waals surface area contributed by atoms with E-state index in [0.29, 0.717) is 37.0 Å². The normalized spacial score (nSPS) is 13.5. The summed E-state index contributed by atoms with van der Waals surface area (Å²) in [6.07, 6.45) is 1.75. The lowest BCUT2D eigenvalue weighted by molar-refractivity contribution is -0.132.